The Morgan fingerprint density at radius 3 is 0.971 bits per heavy atom. The molecule has 70 heavy (non-hydrogen) atoms. The molecule has 0 saturated heterocycles. The lowest BCUT2D eigenvalue weighted by Crippen LogP contribution is -2.45. The molecule has 6 nitrogen and oxygen atoms in total. The lowest BCUT2D eigenvalue weighted by atomic mass is 10.0. The quantitative estimate of drug-likeness (QED) is 0.0321. The van der Waals surface area contributed by atoms with Gasteiger partial charge < -0.3 is 20.3 Å². The third-order valence-electron chi connectivity index (χ3n) is 15.1. The molecule has 1 amide bonds. The number of ether oxygens (including phenoxy) is 1. The Kier molecular flexibility index (Phi) is 59.0. The van der Waals surface area contributed by atoms with E-state index in [-0.39, 0.29) is 18.5 Å². The van der Waals surface area contributed by atoms with Gasteiger partial charge in [0.25, 0.3) is 0 Å². The average Bonchev–Trinajstić information content (AvgIpc) is 3.36. The number of allylic oxidation sites excluding steroid dienone is 1. The fraction of sp³-hybridized carbons (Fsp3) is 0.938. The molecule has 0 aromatic heterocycles. The lowest BCUT2D eigenvalue weighted by Gasteiger charge is -2.20. The predicted octanol–water partition coefficient (Wildman–Crippen LogP) is 20.0. The molecular weight excluding hydrogens is 863 g/mol. The summed E-state index contributed by atoms with van der Waals surface area (Å²) in [7, 11) is 0. The molecule has 6 heteroatoms. The van der Waals surface area contributed by atoms with Gasteiger partial charge in [0.05, 0.1) is 25.4 Å². The minimum absolute atomic E-state index is 0.00244. The van der Waals surface area contributed by atoms with Crippen LogP contribution in [0.5, 0.6) is 0 Å². The number of carbonyl (C=O) groups excluding carboxylic acids is 2. The molecule has 0 rings (SSSR count). The second-order valence-corrected chi connectivity index (χ2v) is 22.1. The minimum atomic E-state index is -0.851. The molecule has 416 valence electrons. The van der Waals surface area contributed by atoms with E-state index in [9.17, 15) is 19.8 Å². The van der Waals surface area contributed by atoms with E-state index in [1.807, 2.05) is 6.08 Å². The van der Waals surface area contributed by atoms with Crippen LogP contribution in [0.25, 0.3) is 0 Å². The van der Waals surface area contributed by atoms with Gasteiger partial charge in [-0.2, -0.15) is 0 Å². The molecule has 0 aliphatic rings. The Balaban J connectivity index is 3.43. The average molecular weight is 989 g/mol. The first kappa shape index (κ1) is 68.6. The van der Waals surface area contributed by atoms with E-state index < -0.39 is 12.1 Å². The molecule has 0 radical (unpaired) electrons. The molecule has 0 saturated carbocycles. The second kappa shape index (κ2) is 60.2. The number of amides is 1. The normalized spacial score (nSPS) is 12.6. The Labute approximate surface area is 438 Å². The standard InChI is InChI=1S/C64H125NO5/c1-3-5-7-9-11-13-15-17-19-21-23-25-26-28-32-36-40-44-48-52-56-62(67)61(60-66)65-63(68)57-53-49-45-41-37-33-30-31-35-39-43-47-51-55-59-70-64(69)58-54-50-46-42-38-34-29-27-24-22-20-18-16-14-12-10-8-6-4-2/h52,56,61-62,66-67H,3-51,53-55,57-60H2,1-2H3,(H,65,68)/b56-52+. The lowest BCUT2D eigenvalue weighted by molar-refractivity contribution is -0.143. The van der Waals surface area contributed by atoms with E-state index in [2.05, 4.69) is 19.2 Å². The number of nitrogens with one attached hydrogen (secondary N) is 1. The van der Waals surface area contributed by atoms with Crippen molar-refractivity contribution < 1.29 is 24.5 Å². The molecular formula is C64H125NO5. The molecule has 3 N–H and O–H groups in total. The van der Waals surface area contributed by atoms with E-state index in [1.165, 1.54) is 276 Å². The molecule has 0 aromatic rings. The molecule has 2 atom stereocenters. The summed E-state index contributed by atoms with van der Waals surface area (Å²) in [5, 5.41) is 23.2. The second-order valence-electron chi connectivity index (χ2n) is 22.1. The zero-order valence-electron chi connectivity index (χ0n) is 47.5. The molecule has 0 aliphatic heterocycles. The van der Waals surface area contributed by atoms with E-state index in [1.54, 1.807) is 6.08 Å². The molecule has 0 spiro atoms. The van der Waals surface area contributed by atoms with Crippen molar-refractivity contribution in [1.82, 2.24) is 5.32 Å². The summed E-state index contributed by atoms with van der Waals surface area (Å²) in [6.45, 7) is 4.92. The highest BCUT2D eigenvalue weighted by molar-refractivity contribution is 5.76. The zero-order chi connectivity index (χ0) is 50.7. The number of aliphatic hydroxyl groups excluding tert-OH is 2. The monoisotopic (exact) mass is 988 g/mol. The van der Waals surface area contributed by atoms with Crippen LogP contribution in [0.3, 0.4) is 0 Å². The van der Waals surface area contributed by atoms with Crippen LogP contribution in [-0.4, -0.2) is 47.4 Å². The topological polar surface area (TPSA) is 95.9 Å². The molecule has 0 bridgehead atoms. The Morgan fingerprint density at radius 1 is 0.386 bits per heavy atom. The fourth-order valence-corrected chi connectivity index (χ4v) is 10.2. The first-order chi connectivity index (χ1) is 34.5. The van der Waals surface area contributed by atoms with E-state index >= 15 is 0 Å². The van der Waals surface area contributed by atoms with Gasteiger partial charge in [0.2, 0.25) is 5.91 Å². The number of rotatable bonds is 60. The molecule has 0 heterocycles. The van der Waals surface area contributed by atoms with Crippen molar-refractivity contribution in [2.45, 2.75) is 373 Å². The first-order valence-corrected chi connectivity index (χ1v) is 32.0. The van der Waals surface area contributed by atoms with Crippen molar-refractivity contribution in [1.29, 1.82) is 0 Å². The van der Waals surface area contributed by atoms with Gasteiger partial charge in [0, 0.05) is 12.8 Å². The summed E-state index contributed by atoms with van der Waals surface area (Å²) in [6, 6.07) is -0.636. The molecule has 0 aliphatic carbocycles. The largest absolute Gasteiger partial charge is 0.466 e. The van der Waals surface area contributed by atoms with Gasteiger partial charge in [-0.15, -0.1) is 0 Å². The summed E-state index contributed by atoms with van der Waals surface area (Å²) >= 11 is 0. The molecule has 0 aromatic carbocycles. The van der Waals surface area contributed by atoms with Crippen LogP contribution in [0.4, 0.5) is 0 Å². The number of aliphatic hydroxyl groups is 2. The summed E-state index contributed by atoms with van der Waals surface area (Å²) in [5.74, 6) is -0.0719. The van der Waals surface area contributed by atoms with Crippen molar-refractivity contribution in [2.24, 2.45) is 0 Å². The summed E-state index contributed by atoms with van der Waals surface area (Å²) in [4.78, 5) is 24.6. The van der Waals surface area contributed by atoms with Crippen molar-refractivity contribution in [2.75, 3.05) is 13.2 Å². The summed E-state index contributed by atoms with van der Waals surface area (Å²) < 4.78 is 5.50. The Bertz CT molecular complexity index is 1050. The molecule has 0 fully saturated rings. The van der Waals surface area contributed by atoms with Crippen LogP contribution >= 0.6 is 0 Å². The van der Waals surface area contributed by atoms with Crippen LogP contribution in [0.2, 0.25) is 0 Å². The van der Waals surface area contributed by atoms with Crippen molar-refractivity contribution in [3.05, 3.63) is 12.2 Å². The van der Waals surface area contributed by atoms with Crippen LogP contribution in [-0.2, 0) is 14.3 Å². The summed E-state index contributed by atoms with van der Waals surface area (Å²) in [6.07, 6.45) is 72.5. The van der Waals surface area contributed by atoms with Gasteiger partial charge in [-0.3, -0.25) is 9.59 Å². The van der Waals surface area contributed by atoms with Crippen LogP contribution in [0.15, 0.2) is 12.2 Å². The van der Waals surface area contributed by atoms with Crippen molar-refractivity contribution in [3.8, 4) is 0 Å². The van der Waals surface area contributed by atoms with Crippen LogP contribution in [0, 0.1) is 0 Å². The number of hydrogen-bond donors (Lipinski definition) is 3. The van der Waals surface area contributed by atoms with Crippen molar-refractivity contribution in [3.63, 3.8) is 0 Å². The maximum atomic E-state index is 12.5. The highest BCUT2D eigenvalue weighted by atomic mass is 16.5. The van der Waals surface area contributed by atoms with E-state index in [4.69, 9.17) is 4.74 Å². The van der Waals surface area contributed by atoms with Gasteiger partial charge in [-0.1, -0.05) is 328 Å². The SMILES string of the molecule is CCCCCCCCCCCCCCCCCCCC/C=C/C(O)C(CO)NC(=O)CCCCCCCCCCCCCCCCOC(=O)CCCCCCCCCCCCCCCCCCCCC. The number of carbonyl (C=O) groups is 2. The van der Waals surface area contributed by atoms with Crippen molar-refractivity contribution >= 4 is 11.9 Å². The summed E-state index contributed by atoms with van der Waals surface area (Å²) in [5.41, 5.74) is 0. The van der Waals surface area contributed by atoms with Gasteiger partial charge >= 0.3 is 5.97 Å². The predicted molar refractivity (Wildman–Crippen MR) is 306 cm³/mol. The van der Waals surface area contributed by atoms with Gasteiger partial charge in [0.15, 0.2) is 0 Å². The third-order valence-corrected chi connectivity index (χ3v) is 15.1. The highest BCUT2D eigenvalue weighted by Crippen LogP contribution is 2.18. The van der Waals surface area contributed by atoms with E-state index in [0.717, 1.165) is 57.8 Å². The number of unbranched alkanes of at least 4 members (excludes halogenated alkanes) is 49. The van der Waals surface area contributed by atoms with Gasteiger partial charge in [-0.25, -0.2) is 0 Å². The van der Waals surface area contributed by atoms with Gasteiger partial charge in [-0.05, 0) is 32.1 Å². The van der Waals surface area contributed by atoms with Gasteiger partial charge in [0.1, 0.15) is 0 Å². The van der Waals surface area contributed by atoms with Crippen LogP contribution in [0.1, 0.15) is 361 Å². The smallest absolute Gasteiger partial charge is 0.305 e. The Hall–Kier alpha value is -1.40. The number of esters is 1. The third kappa shape index (κ3) is 55.9. The minimum Gasteiger partial charge on any atom is -0.466 e. The zero-order valence-corrected chi connectivity index (χ0v) is 47.5. The highest BCUT2D eigenvalue weighted by Gasteiger charge is 2.18. The maximum absolute atomic E-state index is 12.5. The number of hydrogen-bond acceptors (Lipinski definition) is 5. The Morgan fingerprint density at radius 2 is 0.657 bits per heavy atom. The van der Waals surface area contributed by atoms with E-state index in [0.29, 0.717) is 19.4 Å². The van der Waals surface area contributed by atoms with Crippen LogP contribution < -0.4 is 5.32 Å². The maximum Gasteiger partial charge on any atom is 0.305 e. The fourth-order valence-electron chi connectivity index (χ4n) is 10.2. The molecule has 2 unspecified atom stereocenters. The first-order valence-electron chi connectivity index (χ1n) is 32.0.